The van der Waals surface area contributed by atoms with Crippen LogP contribution < -0.4 is 5.32 Å². The standard InChI is InChI=1S/C13H12FN3O2/c1-9-2-3-11(15-7-9)8-16-10-4-5-12(14)13(6-10)17(18)19/h2-7,16H,8H2,1H3. The third kappa shape index (κ3) is 3.25. The van der Waals surface area contributed by atoms with E-state index in [0.717, 1.165) is 17.3 Å². The van der Waals surface area contributed by atoms with Crippen LogP contribution in [0.5, 0.6) is 0 Å². The summed E-state index contributed by atoms with van der Waals surface area (Å²) in [7, 11) is 0. The molecule has 0 aliphatic carbocycles. The van der Waals surface area contributed by atoms with Gasteiger partial charge in [-0.25, -0.2) is 0 Å². The van der Waals surface area contributed by atoms with Crippen molar-refractivity contribution in [3.05, 3.63) is 63.7 Å². The van der Waals surface area contributed by atoms with E-state index in [1.807, 2.05) is 19.1 Å². The molecular weight excluding hydrogens is 249 g/mol. The van der Waals surface area contributed by atoms with Crippen LogP contribution in [-0.4, -0.2) is 9.91 Å². The molecule has 1 heterocycles. The van der Waals surface area contributed by atoms with Crippen molar-refractivity contribution in [2.24, 2.45) is 0 Å². The summed E-state index contributed by atoms with van der Waals surface area (Å²) >= 11 is 0. The Kier molecular flexibility index (Phi) is 3.70. The minimum Gasteiger partial charge on any atom is -0.379 e. The summed E-state index contributed by atoms with van der Waals surface area (Å²) < 4.78 is 13.1. The molecule has 0 aliphatic rings. The Hall–Kier alpha value is -2.50. The molecule has 0 fully saturated rings. The molecule has 19 heavy (non-hydrogen) atoms. The number of nitro groups is 1. The molecule has 0 radical (unpaired) electrons. The van der Waals surface area contributed by atoms with Gasteiger partial charge < -0.3 is 5.32 Å². The number of nitrogens with zero attached hydrogens (tertiary/aromatic N) is 2. The average molecular weight is 261 g/mol. The van der Waals surface area contributed by atoms with Crippen LogP contribution in [-0.2, 0) is 6.54 Å². The van der Waals surface area contributed by atoms with E-state index in [0.29, 0.717) is 12.2 Å². The molecule has 2 aromatic rings. The molecular formula is C13H12FN3O2. The number of anilines is 1. The molecule has 1 aromatic heterocycles. The van der Waals surface area contributed by atoms with Gasteiger partial charge in [-0.3, -0.25) is 15.1 Å². The van der Waals surface area contributed by atoms with E-state index in [1.165, 1.54) is 12.1 Å². The number of hydrogen-bond donors (Lipinski definition) is 1. The van der Waals surface area contributed by atoms with Crippen molar-refractivity contribution in [1.82, 2.24) is 4.98 Å². The highest BCUT2D eigenvalue weighted by Gasteiger charge is 2.14. The number of nitrogens with one attached hydrogen (secondary N) is 1. The van der Waals surface area contributed by atoms with Crippen molar-refractivity contribution in [1.29, 1.82) is 0 Å². The Morgan fingerprint density at radius 3 is 2.79 bits per heavy atom. The summed E-state index contributed by atoms with van der Waals surface area (Å²) in [6, 6.07) is 7.49. The molecule has 0 unspecified atom stereocenters. The van der Waals surface area contributed by atoms with Crippen LogP contribution >= 0.6 is 0 Å². The van der Waals surface area contributed by atoms with Crippen LogP contribution in [0.25, 0.3) is 0 Å². The smallest absolute Gasteiger partial charge is 0.306 e. The van der Waals surface area contributed by atoms with E-state index in [9.17, 15) is 14.5 Å². The lowest BCUT2D eigenvalue weighted by atomic mass is 10.2. The molecule has 1 aromatic carbocycles. The number of halogens is 1. The summed E-state index contributed by atoms with van der Waals surface area (Å²) in [5.41, 5.74) is 1.80. The van der Waals surface area contributed by atoms with Gasteiger partial charge in [-0.1, -0.05) is 6.07 Å². The molecule has 0 saturated carbocycles. The largest absolute Gasteiger partial charge is 0.379 e. The first kappa shape index (κ1) is 12.9. The van der Waals surface area contributed by atoms with Gasteiger partial charge >= 0.3 is 5.69 Å². The molecule has 0 aliphatic heterocycles. The molecule has 0 amide bonds. The molecule has 6 heteroatoms. The van der Waals surface area contributed by atoms with E-state index < -0.39 is 16.4 Å². The van der Waals surface area contributed by atoms with Gasteiger partial charge in [0.2, 0.25) is 5.82 Å². The lowest BCUT2D eigenvalue weighted by molar-refractivity contribution is -0.387. The van der Waals surface area contributed by atoms with Crippen molar-refractivity contribution in [3.63, 3.8) is 0 Å². The molecule has 1 N–H and O–H groups in total. The first-order chi connectivity index (χ1) is 9.06. The minimum atomic E-state index is -0.844. The van der Waals surface area contributed by atoms with E-state index in [-0.39, 0.29) is 0 Å². The predicted octanol–water partition coefficient (Wildman–Crippen LogP) is 3.05. The quantitative estimate of drug-likeness (QED) is 0.678. The van der Waals surface area contributed by atoms with Crippen molar-refractivity contribution in [3.8, 4) is 0 Å². The van der Waals surface area contributed by atoms with Gasteiger partial charge in [-0.05, 0) is 30.7 Å². The summed E-state index contributed by atoms with van der Waals surface area (Å²) in [5, 5.41) is 13.6. The molecule has 5 nitrogen and oxygen atoms in total. The monoisotopic (exact) mass is 261 g/mol. The van der Waals surface area contributed by atoms with Gasteiger partial charge in [0.05, 0.1) is 17.2 Å². The highest BCUT2D eigenvalue weighted by molar-refractivity contribution is 5.51. The number of aryl methyl sites for hydroxylation is 1. The molecule has 2 rings (SSSR count). The fourth-order valence-electron chi connectivity index (χ4n) is 1.56. The lowest BCUT2D eigenvalue weighted by Gasteiger charge is -2.06. The number of rotatable bonds is 4. The molecule has 0 atom stereocenters. The number of aromatic nitrogens is 1. The van der Waals surface area contributed by atoms with Crippen molar-refractivity contribution in [2.75, 3.05) is 5.32 Å². The van der Waals surface area contributed by atoms with Crippen LogP contribution in [0.1, 0.15) is 11.3 Å². The van der Waals surface area contributed by atoms with Gasteiger partial charge in [0.15, 0.2) is 0 Å². The molecule has 0 bridgehead atoms. The van der Waals surface area contributed by atoms with Crippen molar-refractivity contribution >= 4 is 11.4 Å². The number of nitro benzene ring substituents is 1. The second-order valence-electron chi connectivity index (χ2n) is 4.10. The fraction of sp³-hybridized carbons (Fsp3) is 0.154. The minimum absolute atomic E-state index is 0.420. The first-order valence-electron chi connectivity index (χ1n) is 5.65. The van der Waals surface area contributed by atoms with Gasteiger partial charge in [0.25, 0.3) is 0 Å². The average Bonchev–Trinajstić information content (AvgIpc) is 2.39. The lowest BCUT2D eigenvalue weighted by Crippen LogP contribution is -2.02. The van der Waals surface area contributed by atoms with E-state index >= 15 is 0 Å². The summed E-state index contributed by atoms with van der Waals surface area (Å²) in [5.74, 6) is -0.844. The maximum atomic E-state index is 13.1. The summed E-state index contributed by atoms with van der Waals surface area (Å²) in [6.45, 7) is 2.36. The third-order valence-corrected chi connectivity index (χ3v) is 2.59. The number of benzene rings is 1. The SMILES string of the molecule is Cc1ccc(CNc2ccc(F)c([N+](=O)[O-])c2)nc1. The zero-order valence-corrected chi connectivity index (χ0v) is 10.3. The first-order valence-corrected chi connectivity index (χ1v) is 5.65. The number of hydrogen-bond acceptors (Lipinski definition) is 4. The van der Waals surface area contributed by atoms with E-state index in [2.05, 4.69) is 10.3 Å². The van der Waals surface area contributed by atoms with Crippen molar-refractivity contribution < 1.29 is 9.31 Å². The Morgan fingerprint density at radius 2 is 2.16 bits per heavy atom. The van der Waals surface area contributed by atoms with Crippen molar-refractivity contribution in [2.45, 2.75) is 13.5 Å². The highest BCUT2D eigenvalue weighted by atomic mass is 19.1. The van der Waals surface area contributed by atoms with Crippen LogP contribution in [0.2, 0.25) is 0 Å². The zero-order chi connectivity index (χ0) is 13.8. The van der Waals surface area contributed by atoms with Gasteiger partial charge in [0.1, 0.15) is 0 Å². The Labute approximate surface area is 109 Å². The van der Waals surface area contributed by atoms with Gasteiger partial charge in [-0.15, -0.1) is 0 Å². The molecule has 0 spiro atoms. The van der Waals surface area contributed by atoms with Crippen LogP contribution in [0.15, 0.2) is 36.5 Å². The number of pyridine rings is 1. The van der Waals surface area contributed by atoms with Crippen LogP contribution in [0.3, 0.4) is 0 Å². The molecule has 0 saturated heterocycles. The highest BCUT2D eigenvalue weighted by Crippen LogP contribution is 2.21. The Balaban J connectivity index is 2.09. The normalized spacial score (nSPS) is 10.2. The van der Waals surface area contributed by atoms with Gasteiger partial charge in [0, 0.05) is 18.0 Å². The van der Waals surface area contributed by atoms with Gasteiger partial charge in [-0.2, -0.15) is 4.39 Å². The molecule has 98 valence electrons. The summed E-state index contributed by atoms with van der Waals surface area (Å²) in [4.78, 5) is 14.1. The Morgan fingerprint density at radius 1 is 1.37 bits per heavy atom. The maximum absolute atomic E-state index is 13.1. The Bertz CT molecular complexity index is 599. The third-order valence-electron chi connectivity index (χ3n) is 2.59. The second kappa shape index (κ2) is 5.43. The zero-order valence-electron chi connectivity index (χ0n) is 10.3. The summed E-state index contributed by atoms with van der Waals surface area (Å²) in [6.07, 6.45) is 1.74. The second-order valence-corrected chi connectivity index (χ2v) is 4.10. The van der Waals surface area contributed by atoms with Crippen LogP contribution in [0.4, 0.5) is 15.8 Å². The predicted molar refractivity (Wildman–Crippen MR) is 69.4 cm³/mol. The maximum Gasteiger partial charge on any atom is 0.306 e. The topological polar surface area (TPSA) is 68.1 Å². The van der Waals surface area contributed by atoms with Crippen LogP contribution in [0, 0.1) is 22.9 Å². The van der Waals surface area contributed by atoms with E-state index in [4.69, 9.17) is 0 Å². The fourth-order valence-corrected chi connectivity index (χ4v) is 1.56. The van der Waals surface area contributed by atoms with E-state index in [1.54, 1.807) is 6.20 Å².